The van der Waals surface area contributed by atoms with E-state index in [1.807, 2.05) is 53.8 Å². The molecule has 9 nitrogen and oxygen atoms in total. The topological polar surface area (TPSA) is 105 Å². The smallest absolute Gasteiger partial charge is 0.273 e. The Hall–Kier alpha value is -4.18. The highest BCUT2D eigenvalue weighted by Gasteiger charge is 2.18. The minimum atomic E-state index is -0.456. The summed E-state index contributed by atoms with van der Waals surface area (Å²) in [7, 11) is 0. The number of thioether (sulfide) groups is 1. The highest BCUT2D eigenvalue weighted by molar-refractivity contribution is 7.99. The van der Waals surface area contributed by atoms with E-state index in [0.717, 1.165) is 11.1 Å². The van der Waals surface area contributed by atoms with Gasteiger partial charge in [0.15, 0.2) is 5.16 Å². The van der Waals surface area contributed by atoms with Gasteiger partial charge in [-0.15, -0.1) is 10.2 Å². The van der Waals surface area contributed by atoms with Crippen LogP contribution in [-0.4, -0.2) is 36.4 Å². The molecule has 0 aliphatic heterocycles. The Kier molecular flexibility index (Phi) is 5.72. The molecule has 170 valence electrons. The van der Waals surface area contributed by atoms with Crippen molar-refractivity contribution >= 4 is 34.1 Å². The lowest BCUT2D eigenvalue weighted by atomic mass is 10.2. The van der Waals surface area contributed by atoms with Crippen molar-refractivity contribution in [3.8, 4) is 11.4 Å². The molecule has 2 heterocycles. The number of benzene rings is 3. The van der Waals surface area contributed by atoms with Gasteiger partial charge >= 0.3 is 0 Å². The fourth-order valence-electron chi connectivity index (χ4n) is 3.68. The summed E-state index contributed by atoms with van der Waals surface area (Å²) in [4.78, 5) is 23.8. The van der Waals surface area contributed by atoms with Crippen molar-refractivity contribution in [2.75, 3.05) is 12.4 Å². The molecule has 0 atom stereocenters. The molecule has 0 saturated carbocycles. The summed E-state index contributed by atoms with van der Waals surface area (Å²) in [6.45, 7) is 2.31. The maximum Gasteiger partial charge on any atom is 0.273 e. The number of para-hydroxylation sites is 1. The van der Waals surface area contributed by atoms with Crippen molar-refractivity contribution in [1.29, 1.82) is 0 Å². The number of hydrogen-bond donors (Lipinski definition) is 0. The van der Waals surface area contributed by atoms with Gasteiger partial charge in [-0.3, -0.25) is 19.3 Å². The van der Waals surface area contributed by atoms with Crippen molar-refractivity contribution in [1.82, 2.24) is 19.2 Å². The van der Waals surface area contributed by atoms with Gasteiger partial charge in [0.2, 0.25) is 5.78 Å². The Bertz CT molecular complexity index is 1580. The second-order valence-electron chi connectivity index (χ2n) is 7.56. The van der Waals surface area contributed by atoms with E-state index >= 15 is 0 Å². The average molecular weight is 474 g/mol. The zero-order valence-corrected chi connectivity index (χ0v) is 18.9. The van der Waals surface area contributed by atoms with E-state index in [9.17, 15) is 14.9 Å². The van der Waals surface area contributed by atoms with Crippen molar-refractivity contribution in [2.24, 2.45) is 0 Å². The van der Waals surface area contributed by atoms with Crippen LogP contribution in [0.2, 0.25) is 0 Å². The van der Waals surface area contributed by atoms with E-state index in [1.54, 1.807) is 22.8 Å². The highest BCUT2D eigenvalue weighted by Crippen LogP contribution is 2.24. The maximum atomic E-state index is 13.3. The molecule has 34 heavy (non-hydrogen) atoms. The Balaban J connectivity index is 1.47. The number of nitro benzene ring substituents is 1. The third-order valence-electron chi connectivity index (χ3n) is 5.30. The van der Waals surface area contributed by atoms with Crippen molar-refractivity contribution < 1.29 is 9.66 Å². The van der Waals surface area contributed by atoms with Crippen LogP contribution in [0.25, 0.3) is 22.4 Å². The molecule has 0 spiro atoms. The first-order chi connectivity index (χ1) is 16.5. The Morgan fingerprint density at radius 1 is 1.03 bits per heavy atom. The van der Waals surface area contributed by atoms with E-state index in [1.165, 1.54) is 23.9 Å². The summed E-state index contributed by atoms with van der Waals surface area (Å²) >= 11 is 1.43. The summed E-state index contributed by atoms with van der Waals surface area (Å²) in [5.41, 5.74) is 2.34. The minimum Gasteiger partial charge on any atom is -0.492 e. The molecule has 0 saturated heterocycles. The number of aryl methyl sites for hydroxylation is 1. The monoisotopic (exact) mass is 473 g/mol. The van der Waals surface area contributed by atoms with Gasteiger partial charge in [0, 0.05) is 11.8 Å². The lowest BCUT2D eigenvalue weighted by Crippen LogP contribution is -2.21. The number of nitro groups is 1. The van der Waals surface area contributed by atoms with Crippen LogP contribution in [0.5, 0.6) is 5.75 Å². The van der Waals surface area contributed by atoms with Crippen LogP contribution in [-0.2, 0) is 0 Å². The quantitative estimate of drug-likeness (QED) is 0.149. The molecule has 0 amide bonds. The van der Waals surface area contributed by atoms with Crippen LogP contribution in [0.4, 0.5) is 5.69 Å². The summed E-state index contributed by atoms with van der Waals surface area (Å²) in [5, 5.41) is 20.8. The number of nitrogens with zero attached hydrogens (tertiary/aromatic N) is 5. The van der Waals surface area contributed by atoms with Crippen LogP contribution in [0.3, 0.4) is 0 Å². The first kappa shape index (κ1) is 21.7. The molecule has 0 aliphatic carbocycles. The number of fused-ring (bicyclic) bond motifs is 3. The third kappa shape index (κ3) is 3.99. The molecule has 0 aliphatic rings. The molecule has 10 heteroatoms. The van der Waals surface area contributed by atoms with Gasteiger partial charge in [0.05, 0.1) is 34.2 Å². The van der Waals surface area contributed by atoms with E-state index < -0.39 is 4.92 Å². The van der Waals surface area contributed by atoms with Crippen LogP contribution in [0.1, 0.15) is 5.56 Å². The number of rotatable bonds is 7. The fraction of sp³-hybridized carbons (Fsp3) is 0.125. The Labute approximate surface area is 197 Å². The van der Waals surface area contributed by atoms with Crippen LogP contribution >= 0.6 is 11.8 Å². The molecular formula is C24H19N5O4S. The number of ether oxygens (including phenoxy) is 1. The lowest BCUT2D eigenvalue weighted by molar-refractivity contribution is -0.384. The number of non-ortho nitro benzene ring substituents is 1. The molecule has 5 aromatic rings. The normalized spacial score (nSPS) is 11.2. The predicted molar refractivity (Wildman–Crippen MR) is 130 cm³/mol. The fourth-order valence-corrected chi connectivity index (χ4v) is 4.43. The van der Waals surface area contributed by atoms with Crippen molar-refractivity contribution in [2.45, 2.75) is 12.1 Å². The second-order valence-corrected chi connectivity index (χ2v) is 8.62. The van der Waals surface area contributed by atoms with E-state index in [2.05, 4.69) is 10.2 Å². The van der Waals surface area contributed by atoms with Gasteiger partial charge < -0.3 is 4.74 Å². The highest BCUT2D eigenvalue weighted by atomic mass is 32.2. The number of hydrogen-bond acceptors (Lipinski definition) is 7. The minimum absolute atomic E-state index is 0.0193. The van der Waals surface area contributed by atoms with E-state index in [-0.39, 0.29) is 11.2 Å². The molecule has 0 unspecified atom stereocenters. The summed E-state index contributed by atoms with van der Waals surface area (Å²) in [5.74, 6) is 1.38. The maximum absolute atomic E-state index is 13.3. The zero-order valence-electron chi connectivity index (χ0n) is 18.1. The first-order valence-electron chi connectivity index (χ1n) is 10.5. The molecule has 0 N–H and O–H groups in total. The van der Waals surface area contributed by atoms with E-state index in [0.29, 0.717) is 40.1 Å². The van der Waals surface area contributed by atoms with Crippen LogP contribution in [0, 0.1) is 17.0 Å². The summed E-state index contributed by atoms with van der Waals surface area (Å²) in [6, 6.07) is 21.1. The molecule has 5 rings (SSSR count). The van der Waals surface area contributed by atoms with Crippen molar-refractivity contribution in [3.05, 3.63) is 98.8 Å². The summed E-state index contributed by atoms with van der Waals surface area (Å²) < 4.78 is 9.12. The standard InChI is InChI=1S/C24H19N5O4S/c1-16-9-11-17(12-10-16)27-22(30)20-7-2-3-8-21(20)28-23(27)25-26-24(28)34-14-13-33-19-6-4-5-18(15-19)29(31)32/h2-12,15H,13-14H2,1H3. The molecular weight excluding hydrogens is 454 g/mol. The van der Waals surface area contributed by atoms with Crippen molar-refractivity contribution in [3.63, 3.8) is 0 Å². The number of aromatic nitrogens is 4. The largest absolute Gasteiger partial charge is 0.492 e. The van der Waals surface area contributed by atoms with Gasteiger partial charge in [-0.2, -0.15) is 0 Å². The molecule has 0 radical (unpaired) electrons. The molecule has 3 aromatic carbocycles. The van der Waals surface area contributed by atoms with Gasteiger partial charge in [0.1, 0.15) is 5.75 Å². The average Bonchev–Trinajstić information content (AvgIpc) is 3.27. The van der Waals surface area contributed by atoms with Gasteiger partial charge in [-0.25, -0.2) is 4.57 Å². The SMILES string of the molecule is Cc1ccc(-n2c(=O)c3ccccc3n3c(SCCOc4cccc([N+](=O)[O-])c4)nnc23)cc1. The third-order valence-corrected chi connectivity index (χ3v) is 6.19. The summed E-state index contributed by atoms with van der Waals surface area (Å²) in [6.07, 6.45) is 0. The lowest BCUT2D eigenvalue weighted by Gasteiger charge is -2.11. The van der Waals surface area contributed by atoms with Gasteiger partial charge in [-0.1, -0.05) is 47.7 Å². The van der Waals surface area contributed by atoms with Crippen LogP contribution in [0.15, 0.2) is 82.7 Å². The molecule has 2 aromatic heterocycles. The predicted octanol–water partition coefficient (Wildman–Crippen LogP) is 4.42. The molecule has 0 fully saturated rings. The van der Waals surface area contributed by atoms with Gasteiger partial charge in [-0.05, 0) is 37.3 Å². The van der Waals surface area contributed by atoms with Gasteiger partial charge in [0.25, 0.3) is 11.2 Å². The second kappa shape index (κ2) is 8.99. The van der Waals surface area contributed by atoms with E-state index in [4.69, 9.17) is 4.74 Å². The first-order valence-corrected chi connectivity index (χ1v) is 11.5. The zero-order chi connectivity index (χ0) is 23.7. The Morgan fingerprint density at radius 2 is 1.82 bits per heavy atom. The van der Waals surface area contributed by atoms with Crippen LogP contribution < -0.4 is 10.3 Å². The molecule has 0 bridgehead atoms. The Morgan fingerprint density at radius 3 is 2.62 bits per heavy atom.